The molecule has 0 amide bonds. The van der Waals surface area contributed by atoms with Crippen molar-refractivity contribution in [2.45, 2.75) is 13.0 Å². The summed E-state index contributed by atoms with van der Waals surface area (Å²) in [5, 5.41) is 3.12. The maximum absolute atomic E-state index is 5.37. The van der Waals surface area contributed by atoms with Crippen LogP contribution in [0.2, 0.25) is 0 Å². The number of hydrogen-bond donors (Lipinski definition) is 1. The zero-order chi connectivity index (χ0) is 10.4. The van der Waals surface area contributed by atoms with E-state index in [9.17, 15) is 0 Å². The second-order valence-corrected chi connectivity index (χ2v) is 2.64. The number of methoxy groups -OCH3 is 1. The van der Waals surface area contributed by atoms with Crippen LogP contribution < -0.4 is 10.1 Å². The number of rotatable bonds is 4. The van der Waals surface area contributed by atoms with E-state index < -0.39 is 0 Å². The standard InChI is InChI=1S/C10H13N3O/c1-4-8(11-5-2)9-6-10(14-3)13-7-12-9/h1,6-8,11H,5H2,2-3H3. The number of nitrogens with one attached hydrogen (secondary N) is 1. The van der Waals surface area contributed by atoms with Gasteiger partial charge >= 0.3 is 0 Å². The molecule has 1 heterocycles. The Morgan fingerprint density at radius 2 is 2.43 bits per heavy atom. The van der Waals surface area contributed by atoms with Crippen LogP contribution >= 0.6 is 0 Å². The Balaban J connectivity index is 2.88. The third-order valence-electron chi connectivity index (χ3n) is 1.74. The van der Waals surface area contributed by atoms with Gasteiger partial charge in [-0.05, 0) is 6.54 Å². The molecule has 0 aliphatic heterocycles. The number of ether oxygens (including phenoxy) is 1. The van der Waals surface area contributed by atoms with E-state index in [2.05, 4.69) is 21.2 Å². The maximum atomic E-state index is 5.37. The minimum atomic E-state index is -0.183. The van der Waals surface area contributed by atoms with Crippen LogP contribution in [0.5, 0.6) is 5.88 Å². The summed E-state index contributed by atoms with van der Waals surface area (Å²) >= 11 is 0. The summed E-state index contributed by atoms with van der Waals surface area (Å²) in [6, 6.07) is 1.55. The molecule has 1 aromatic heterocycles. The van der Waals surface area contributed by atoms with Gasteiger partial charge in [0.1, 0.15) is 12.4 Å². The average Bonchev–Trinajstić information content (AvgIpc) is 2.26. The van der Waals surface area contributed by atoms with Crippen molar-refractivity contribution in [1.29, 1.82) is 0 Å². The normalized spacial score (nSPS) is 11.8. The molecule has 1 aromatic rings. The maximum Gasteiger partial charge on any atom is 0.216 e. The van der Waals surface area contributed by atoms with Crippen LogP contribution in [0.3, 0.4) is 0 Å². The Labute approximate surface area is 83.7 Å². The van der Waals surface area contributed by atoms with E-state index in [0.29, 0.717) is 5.88 Å². The van der Waals surface area contributed by atoms with E-state index >= 15 is 0 Å². The fourth-order valence-corrected chi connectivity index (χ4v) is 1.08. The van der Waals surface area contributed by atoms with E-state index in [0.717, 1.165) is 12.2 Å². The lowest BCUT2D eigenvalue weighted by Gasteiger charge is -2.10. The predicted molar refractivity (Wildman–Crippen MR) is 53.8 cm³/mol. The Morgan fingerprint density at radius 1 is 1.64 bits per heavy atom. The van der Waals surface area contributed by atoms with E-state index in [-0.39, 0.29) is 6.04 Å². The molecule has 74 valence electrons. The Kier molecular flexibility index (Phi) is 3.89. The predicted octanol–water partition coefficient (Wildman–Crippen LogP) is 0.769. The first-order chi connectivity index (χ1) is 6.81. The highest BCUT2D eigenvalue weighted by Gasteiger charge is 2.08. The Morgan fingerprint density at radius 3 is 3.00 bits per heavy atom. The van der Waals surface area contributed by atoms with E-state index in [4.69, 9.17) is 11.2 Å². The van der Waals surface area contributed by atoms with Crippen LogP contribution in [-0.2, 0) is 0 Å². The number of terminal acetylenes is 1. The summed E-state index contributed by atoms with van der Waals surface area (Å²) in [6.07, 6.45) is 6.81. The molecule has 4 nitrogen and oxygen atoms in total. The molecular weight excluding hydrogens is 178 g/mol. The summed E-state index contributed by atoms with van der Waals surface area (Å²) < 4.78 is 4.98. The van der Waals surface area contributed by atoms with Gasteiger partial charge in [-0.15, -0.1) is 6.42 Å². The lowest BCUT2D eigenvalue weighted by Crippen LogP contribution is -2.20. The fraction of sp³-hybridized carbons (Fsp3) is 0.400. The van der Waals surface area contributed by atoms with Crippen molar-refractivity contribution in [2.75, 3.05) is 13.7 Å². The van der Waals surface area contributed by atoms with Crippen LogP contribution in [0.25, 0.3) is 0 Å². The Hall–Kier alpha value is -1.60. The largest absolute Gasteiger partial charge is 0.481 e. The molecule has 0 spiro atoms. The second kappa shape index (κ2) is 5.20. The smallest absolute Gasteiger partial charge is 0.216 e. The van der Waals surface area contributed by atoms with Gasteiger partial charge in [-0.25, -0.2) is 9.97 Å². The average molecular weight is 191 g/mol. The topological polar surface area (TPSA) is 47.0 Å². The third-order valence-corrected chi connectivity index (χ3v) is 1.74. The first kappa shape index (κ1) is 10.5. The molecule has 0 aliphatic carbocycles. The number of nitrogens with zero attached hydrogens (tertiary/aromatic N) is 2. The van der Waals surface area contributed by atoms with Gasteiger partial charge in [0.2, 0.25) is 5.88 Å². The molecule has 1 N–H and O–H groups in total. The molecule has 0 aromatic carbocycles. The molecule has 0 saturated heterocycles. The molecule has 0 radical (unpaired) electrons. The van der Waals surface area contributed by atoms with Gasteiger partial charge in [0.25, 0.3) is 0 Å². The van der Waals surface area contributed by atoms with Gasteiger partial charge in [-0.1, -0.05) is 12.8 Å². The van der Waals surface area contributed by atoms with Gasteiger partial charge in [-0.2, -0.15) is 0 Å². The summed E-state index contributed by atoms with van der Waals surface area (Å²) in [6.45, 7) is 2.78. The summed E-state index contributed by atoms with van der Waals surface area (Å²) in [5.41, 5.74) is 0.751. The Bertz CT molecular complexity index is 332. The molecule has 0 bridgehead atoms. The molecule has 1 unspecified atom stereocenters. The quantitative estimate of drug-likeness (QED) is 0.714. The molecule has 4 heteroatoms. The van der Waals surface area contributed by atoms with Gasteiger partial charge in [0.05, 0.1) is 12.8 Å². The van der Waals surface area contributed by atoms with E-state index in [1.165, 1.54) is 6.33 Å². The molecule has 14 heavy (non-hydrogen) atoms. The molecular formula is C10H13N3O. The van der Waals surface area contributed by atoms with Gasteiger partial charge in [0, 0.05) is 6.07 Å². The van der Waals surface area contributed by atoms with Gasteiger partial charge < -0.3 is 4.74 Å². The number of hydrogen-bond acceptors (Lipinski definition) is 4. The highest BCUT2D eigenvalue weighted by molar-refractivity contribution is 5.22. The molecule has 0 fully saturated rings. The van der Waals surface area contributed by atoms with Crippen molar-refractivity contribution < 1.29 is 4.74 Å². The lowest BCUT2D eigenvalue weighted by molar-refractivity contribution is 0.395. The van der Waals surface area contributed by atoms with Crippen LogP contribution in [0.15, 0.2) is 12.4 Å². The van der Waals surface area contributed by atoms with Crippen molar-refractivity contribution in [2.24, 2.45) is 0 Å². The molecule has 1 rings (SSSR count). The number of aromatic nitrogens is 2. The van der Waals surface area contributed by atoms with Crippen molar-refractivity contribution >= 4 is 0 Å². The first-order valence-corrected chi connectivity index (χ1v) is 4.37. The van der Waals surface area contributed by atoms with E-state index in [1.54, 1.807) is 13.2 Å². The third kappa shape index (κ3) is 2.44. The van der Waals surface area contributed by atoms with Crippen LogP contribution in [-0.4, -0.2) is 23.6 Å². The molecule has 0 aliphatic rings. The van der Waals surface area contributed by atoms with Crippen molar-refractivity contribution in [3.05, 3.63) is 18.1 Å². The van der Waals surface area contributed by atoms with Crippen LogP contribution in [0.4, 0.5) is 0 Å². The summed E-state index contributed by atoms with van der Waals surface area (Å²) in [5.74, 6) is 3.14. The summed E-state index contributed by atoms with van der Waals surface area (Å²) in [7, 11) is 1.56. The zero-order valence-corrected chi connectivity index (χ0v) is 8.32. The van der Waals surface area contributed by atoms with Crippen LogP contribution in [0.1, 0.15) is 18.7 Å². The van der Waals surface area contributed by atoms with Crippen molar-refractivity contribution in [1.82, 2.24) is 15.3 Å². The monoisotopic (exact) mass is 191 g/mol. The summed E-state index contributed by atoms with van der Waals surface area (Å²) in [4.78, 5) is 7.99. The first-order valence-electron chi connectivity index (χ1n) is 4.37. The van der Waals surface area contributed by atoms with Crippen molar-refractivity contribution in [3.8, 4) is 18.2 Å². The highest BCUT2D eigenvalue weighted by atomic mass is 16.5. The molecule has 1 atom stereocenters. The zero-order valence-electron chi connectivity index (χ0n) is 8.32. The lowest BCUT2D eigenvalue weighted by atomic mass is 10.2. The second-order valence-electron chi connectivity index (χ2n) is 2.64. The van der Waals surface area contributed by atoms with Crippen LogP contribution in [0, 0.1) is 12.3 Å². The fourth-order valence-electron chi connectivity index (χ4n) is 1.08. The van der Waals surface area contributed by atoms with Gasteiger partial charge in [0.15, 0.2) is 0 Å². The SMILES string of the molecule is C#CC(NCC)c1cc(OC)ncn1. The molecule has 0 saturated carbocycles. The van der Waals surface area contributed by atoms with Gasteiger partial charge in [-0.3, -0.25) is 5.32 Å². The highest BCUT2D eigenvalue weighted by Crippen LogP contribution is 2.12. The van der Waals surface area contributed by atoms with E-state index in [1.807, 2.05) is 6.92 Å². The van der Waals surface area contributed by atoms with Crippen molar-refractivity contribution in [3.63, 3.8) is 0 Å². The minimum absolute atomic E-state index is 0.183. The minimum Gasteiger partial charge on any atom is -0.481 e.